The minimum absolute atomic E-state index is 0.0753. The first-order valence-corrected chi connectivity index (χ1v) is 9.68. The van der Waals surface area contributed by atoms with Gasteiger partial charge in [0, 0.05) is 18.2 Å². The van der Waals surface area contributed by atoms with E-state index in [-0.39, 0.29) is 18.5 Å². The summed E-state index contributed by atoms with van der Waals surface area (Å²) in [7, 11) is 0. The Morgan fingerprint density at radius 2 is 1.86 bits per heavy atom. The maximum Gasteiger partial charge on any atom is 0.325 e. The van der Waals surface area contributed by atoms with Gasteiger partial charge in [0.1, 0.15) is 23.6 Å². The SMILES string of the molecule is Cc1cc(C2(C)NC(=O)N(CC(=O)N(Cc3ccccc3)C(C)C)C2=O)c(C)o1. The van der Waals surface area contributed by atoms with Gasteiger partial charge in [0.25, 0.3) is 5.91 Å². The number of hydrogen-bond donors (Lipinski definition) is 1. The second kappa shape index (κ2) is 7.73. The molecule has 0 aliphatic carbocycles. The molecule has 0 saturated carbocycles. The smallest absolute Gasteiger partial charge is 0.325 e. The van der Waals surface area contributed by atoms with E-state index < -0.39 is 17.5 Å². The topological polar surface area (TPSA) is 82.9 Å². The molecule has 1 N–H and O–H groups in total. The monoisotopic (exact) mass is 397 g/mol. The van der Waals surface area contributed by atoms with E-state index in [1.165, 1.54) is 0 Å². The second-order valence-corrected chi connectivity index (χ2v) is 7.87. The van der Waals surface area contributed by atoms with Crippen LogP contribution in [0, 0.1) is 13.8 Å². The number of nitrogens with one attached hydrogen (secondary N) is 1. The molecule has 4 amide bonds. The molecule has 1 aliphatic heterocycles. The highest BCUT2D eigenvalue weighted by Crippen LogP contribution is 2.32. The summed E-state index contributed by atoms with van der Waals surface area (Å²) < 4.78 is 5.53. The number of carbonyl (C=O) groups is 3. The van der Waals surface area contributed by atoms with E-state index in [9.17, 15) is 14.4 Å². The van der Waals surface area contributed by atoms with Gasteiger partial charge >= 0.3 is 6.03 Å². The van der Waals surface area contributed by atoms with Crippen molar-refractivity contribution in [1.29, 1.82) is 0 Å². The lowest BCUT2D eigenvalue weighted by Gasteiger charge is -2.28. The molecule has 1 unspecified atom stereocenters. The quantitative estimate of drug-likeness (QED) is 0.760. The molecule has 1 aliphatic rings. The molecule has 7 heteroatoms. The summed E-state index contributed by atoms with van der Waals surface area (Å²) in [6.07, 6.45) is 0. The fourth-order valence-electron chi connectivity index (χ4n) is 3.72. The van der Waals surface area contributed by atoms with Gasteiger partial charge in [-0.25, -0.2) is 4.79 Å². The van der Waals surface area contributed by atoms with Crippen LogP contribution in [0.4, 0.5) is 4.79 Å². The van der Waals surface area contributed by atoms with E-state index in [0.717, 1.165) is 10.5 Å². The number of nitrogens with zero attached hydrogens (tertiary/aromatic N) is 2. The normalized spacial score (nSPS) is 19.0. The van der Waals surface area contributed by atoms with E-state index in [1.807, 2.05) is 44.2 Å². The molecule has 1 saturated heterocycles. The first-order valence-electron chi connectivity index (χ1n) is 9.68. The minimum atomic E-state index is -1.25. The molecule has 0 bridgehead atoms. The highest BCUT2D eigenvalue weighted by molar-refractivity contribution is 6.09. The number of urea groups is 1. The van der Waals surface area contributed by atoms with Crippen LogP contribution in [0.2, 0.25) is 0 Å². The van der Waals surface area contributed by atoms with Crippen LogP contribution < -0.4 is 5.32 Å². The molecule has 2 heterocycles. The summed E-state index contributed by atoms with van der Waals surface area (Å²) in [4.78, 5) is 41.3. The molecular weight excluding hydrogens is 370 g/mol. The van der Waals surface area contributed by atoms with Crippen molar-refractivity contribution in [2.24, 2.45) is 0 Å². The Balaban J connectivity index is 1.79. The summed E-state index contributed by atoms with van der Waals surface area (Å²) in [6, 6.07) is 10.7. The molecule has 1 aromatic heterocycles. The van der Waals surface area contributed by atoms with Gasteiger partial charge in [-0.2, -0.15) is 0 Å². The van der Waals surface area contributed by atoms with Gasteiger partial charge in [0.15, 0.2) is 0 Å². The number of furan rings is 1. The van der Waals surface area contributed by atoms with Gasteiger partial charge in [-0.15, -0.1) is 0 Å². The zero-order chi connectivity index (χ0) is 21.3. The lowest BCUT2D eigenvalue weighted by molar-refractivity contribution is -0.140. The van der Waals surface area contributed by atoms with Crippen molar-refractivity contribution in [3.8, 4) is 0 Å². The molecule has 1 atom stereocenters. The van der Waals surface area contributed by atoms with Crippen LogP contribution in [0.25, 0.3) is 0 Å². The van der Waals surface area contributed by atoms with Crippen LogP contribution in [0.5, 0.6) is 0 Å². The fourth-order valence-corrected chi connectivity index (χ4v) is 3.72. The van der Waals surface area contributed by atoms with Crippen LogP contribution in [-0.2, 0) is 21.7 Å². The first kappa shape index (κ1) is 20.6. The van der Waals surface area contributed by atoms with Gasteiger partial charge in [0.05, 0.1) is 0 Å². The van der Waals surface area contributed by atoms with E-state index in [0.29, 0.717) is 23.6 Å². The number of aryl methyl sites for hydroxylation is 2. The molecule has 0 spiro atoms. The Morgan fingerprint density at radius 1 is 1.21 bits per heavy atom. The van der Waals surface area contributed by atoms with E-state index >= 15 is 0 Å². The van der Waals surface area contributed by atoms with Gasteiger partial charge in [-0.1, -0.05) is 30.3 Å². The molecule has 29 heavy (non-hydrogen) atoms. The highest BCUT2D eigenvalue weighted by atomic mass is 16.3. The van der Waals surface area contributed by atoms with Crippen molar-refractivity contribution >= 4 is 17.8 Å². The van der Waals surface area contributed by atoms with E-state index in [4.69, 9.17) is 4.42 Å². The summed E-state index contributed by atoms with van der Waals surface area (Å²) in [5.41, 5.74) is 0.343. The average Bonchev–Trinajstić information content (AvgIpc) is 3.11. The van der Waals surface area contributed by atoms with Crippen LogP contribution in [0.1, 0.15) is 43.4 Å². The number of imide groups is 1. The fraction of sp³-hybridized carbons (Fsp3) is 0.409. The highest BCUT2D eigenvalue weighted by Gasteiger charge is 2.51. The van der Waals surface area contributed by atoms with Crippen molar-refractivity contribution < 1.29 is 18.8 Å². The number of carbonyl (C=O) groups excluding carboxylic acids is 3. The summed E-state index contributed by atoms with van der Waals surface area (Å²) >= 11 is 0. The minimum Gasteiger partial charge on any atom is -0.466 e. The Bertz CT molecular complexity index is 935. The maximum atomic E-state index is 13.1. The Hall–Kier alpha value is -3.09. The van der Waals surface area contributed by atoms with Gasteiger partial charge in [-0.3, -0.25) is 14.5 Å². The Morgan fingerprint density at radius 3 is 2.41 bits per heavy atom. The molecule has 7 nitrogen and oxygen atoms in total. The lowest BCUT2D eigenvalue weighted by atomic mass is 9.92. The average molecular weight is 397 g/mol. The standard InChI is InChI=1S/C22H27N3O4/c1-14(2)24(12-17-9-7-6-8-10-17)19(26)13-25-20(27)22(5,23-21(25)28)18-11-15(3)29-16(18)4/h6-11,14H,12-13H2,1-5H3,(H,23,28). The van der Waals surface area contributed by atoms with Gasteiger partial charge in [0.2, 0.25) is 5.91 Å². The third-order valence-electron chi connectivity index (χ3n) is 5.29. The molecule has 3 rings (SSSR count). The maximum absolute atomic E-state index is 13.1. The first-order chi connectivity index (χ1) is 13.6. The third-order valence-corrected chi connectivity index (χ3v) is 5.29. The van der Waals surface area contributed by atoms with Crippen molar-refractivity contribution in [3.05, 3.63) is 59.0 Å². The zero-order valence-corrected chi connectivity index (χ0v) is 17.5. The van der Waals surface area contributed by atoms with E-state index in [1.54, 1.807) is 31.7 Å². The number of hydrogen-bond acceptors (Lipinski definition) is 4. The van der Waals surface area contributed by atoms with Crippen molar-refractivity contribution in [2.45, 2.75) is 52.7 Å². The second-order valence-electron chi connectivity index (χ2n) is 7.87. The number of rotatable bonds is 6. The zero-order valence-electron chi connectivity index (χ0n) is 17.5. The molecule has 2 aromatic rings. The summed E-state index contributed by atoms with van der Waals surface area (Å²) in [5, 5.41) is 2.73. The largest absolute Gasteiger partial charge is 0.466 e. The van der Waals surface area contributed by atoms with Gasteiger partial charge < -0.3 is 14.6 Å². The molecule has 0 radical (unpaired) electrons. The molecule has 154 valence electrons. The Kier molecular flexibility index (Phi) is 5.50. The van der Waals surface area contributed by atoms with Crippen molar-refractivity contribution in [3.63, 3.8) is 0 Å². The van der Waals surface area contributed by atoms with Crippen LogP contribution in [0.3, 0.4) is 0 Å². The van der Waals surface area contributed by atoms with Crippen LogP contribution in [0.15, 0.2) is 40.8 Å². The van der Waals surface area contributed by atoms with Crippen molar-refractivity contribution in [2.75, 3.05) is 6.54 Å². The van der Waals surface area contributed by atoms with Crippen molar-refractivity contribution in [1.82, 2.24) is 15.1 Å². The van der Waals surface area contributed by atoms with E-state index in [2.05, 4.69) is 5.32 Å². The van der Waals surface area contributed by atoms with Crippen LogP contribution >= 0.6 is 0 Å². The third kappa shape index (κ3) is 3.90. The summed E-state index contributed by atoms with van der Waals surface area (Å²) in [5.74, 6) is 0.490. The lowest BCUT2D eigenvalue weighted by Crippen LogP contribution is -2.46. The number of amides is 4. The van der Waals surface area contributed by atoms with Gasteiger partial charge in [-0.05, 0) is 46.2 Å². The predicted octanol–water partition coefficient (Wildman–Crippen LogP) is 3.10. The Labute approximate surface area is 170 Å². The molecule has 1 fully saturated rings. The molecule has 1 aromatic carbocycles. The van der Waals surface area contributed by atoms with Crippen LogP contribution in [-0.4, -0.2) is 40.2 Å². The molecular formula is C22H27N3O4. The summed E-state index contributed by atoms with van der Waals surface area (Å²) in [6.45, 7) is 9.11. The predicted molar refractivity (Wildman–Crippen MR) is 108 cm³/mol. The number of benzene rings is 1.